The zero-order valence-corrected chi connectivity index (χ0v) is 12.2. The van der Waals surface area contributed by atoms with Gasteiger partial charge in [-0.05, 0) is 18.2 Å². The molecule has 0 saturated heterocycles. The molecule has 0 radical (unpaired) electrons. The van der Waals surface area contributed by atoms with E-state index < -0.39 is 15.7 Å². The monoisotopic (exact) mass is 304 g/mol. The summed E-state index contributed by atoms with van der Waals surface area (Å²) in [7, 11) is -1.81. The van der Waals surface area contributed by atoms with E-state index >= 15 is 0 Å². The third kappa shape index (κ3) is 3.09. The Morgan fingerprint density at radius 1 is 1.43 bits per heavy atom. The average molecular weight is 304 g/mol. The van der Waals surface area contributed by atoms with Crippen molar-refractivity contribution >= 4 is 21.6 Å². The van der Waals surface area contributed by atoms with Crippen LogP contribution in [-0.4, -0.2) is 30.4 Å². The molecular formula is C13H12N4O3S. The molecule has 0 bridgehead atoms. The van der Waals surface area contributed by atoms with Crippen molar-refractivity contribution in [1.29, 1.82) is 5.26 Å². The Hall–Kier alpha value is -2.66. The van der Waals surface area contributed by atoms with Crippen LogP contribution < -0.4 is 5.32 Å². The first-order valence-corrected chi connectivity index (χ1v) is 7.75. The second-order valence-electron chi connectivity index (χ2n) is 4.40. The van der Waals surface area contributed by atoms with Gasteiger partial charge in [0, 0.05) is 18.9 Å². The van der Waals surface area contributed by atoms with Crippen LogP contribution in [0.1, 0.15) is 15.9 Å². The van der Waals surface area contributed by atoms with Crippen LogP contribution in [0.2, 0.25) is 0 Å². The van der Waals surface area contributed by atoms with Crippen LogP contribution in [0.5, 0.6) is 0 Å². The van der Waals surface area contributed by atoms with Gasteiger partial charge >= 0.3 is 0 Å². The highest BCUT2D eigenvalue weighted by Gasteiger charge is 2.15. The lowest BCUT2D eigenvalue weighted by atomic mass is 10.2. The van der Waals surface area contributed by atoms with Gasteiger partial charge in [-0.2, -0.15) is 10.4 Å². The number of nitrogens with zero attached hydrogens (tertiary/aromatic N) is 3. The van der Waals surface area contributed by atoms with Crippen LogP contribution in [0.3, 0.4) is 0 Å². The van der Waals surface area contributed by atoms with Gasteiger partial charge in [-0.1, -0.05) is 6.07 Å². The van der Waals surface area contributed by atoms with E-state index in [4.69, 9.17) is 5.26 Å². The number of aryl methyl sites for hydroxylation is 1. The van der Waals surface area contributed by atoms with Crippen molar-refractivity contribution in [2.24, 2.45) is 7.05 Å². The molecule has 1 heterocycles. The second-order valence-corrected chi connectivity index (χ2v) is 6.41. The minimum Gasteiger partial charge on any atom is -0.306 e. The number of carbonyl (C=O) groups is 1. The van der Waals surface area contributed by atoms with E-state index in [1.54, 1.807) is 7.05 Å². The normalized spacial score (nSPS) is 10.9. The van der Waals surface area contributed by atoms with Crippen molar-refractivity contribution in [1.82, 2.24) is 9.78 Å². The van der Waals surface area contributed by atoms with Crippen molar-refractivity contribution < 1.29 is 13.2 Å². The molecule has 2 rings (SSSR count). The molecule has 108 valence electrons. The molecule has 7 nitrogen and oxygen atoms in total. The fourth-order valence-electron chi connectivity index (χ4n) is 1.72. The molecule has 8 heteroatoms. The Bertz CT molecular complexity index is 847. The number of benzene rings is 1. The van der Waals surface area contributed by atoms with Gasteiger partial charge in [-0.15, -0.1) is 0 Å². The van der Waals surface area contributed by atoms with Crippen molar-refractivity contribution in [3.63, 3.8) is 0 Å². The van der Waals surface area contributed by atoms with E-state index in [1.807, 2.05) is 6.07 Å². The van der Waals surface area contributed by atoms with Gasteiger partial charge < -0.3 is 5.32 Å². The average Bonchev–Trinajstić information content (AvgIpc) is 2.79. The summed E-state index contributed by atoms with van der Waals surface area (Å²) in [5, 5.41) is 15.4. The number of nitrogens with one attached hydrogen (secondary N) is 1. The van der Waals surface area contributed by atoms with E-state index in [1.165, 1.54) is 35.1 Å². The van der Waals surface area contributed by atoms with Gasteiger partial charge in [0.25, 0.3) is 5.91 Å². The molecule has 1 amide bonds. The molecule has 1 N–H and O–H groups in total. The van der Waals surface area contributed by atoms with E-state index in [9.17, 15) is 13.2 Å². The fourth-order valence-corrected chi connectivity index (χ4v) is 2.38. The maximum Gasteiger partial charge on any atom is 0.256 e. The van der Waals surface area contributed by atoms with Gasteiger partial charge in [0.15, 0.2) is 9.84 Å². The van der Waals surface area contributed by atoms with Crippen molar-refractivity contribution in [3.8, 4) is 6.07 Å². The van der Waals surface area contributed by atoms with Gasteiger partial charge in [-0.3, -0.25) is 9.48 Å². The number of aromatic nitrogens is 2. The van der Waals surface area contributed by atoms with E-state index in [0.29, 0.717) is 0 Å². The summed E-state index contributed by atoms with van der Waals surface area (Å²) < 4.78 is 24.3. The summed E-state index contributed by atoms with van der Waals surface area (Å²) >= 11 is 0. The molecule has 1 aromatic carbocycles. The van der Waals surface area contributed by atoms with Gasteiger partial charge in [-0.25, -0.2) is 8.42 Å². The molecule has 0 aliphatic rings. The minimum atomic E-state index is -3.39. The lowest BCUT2D eigenvalue weighted by Gasteiger charge is -2.07. The number of rotatable bonds is 3. The van der Waals surface area contributed by atoms with Crippen LogP contribution in [0.4, 0.5) is 5.82 Å². The van der Waals surface area contributed by atoms with Crippen LogP contribution in [0.25, 0.3) is 0 Å². The quantitative estimate of drug-likeness (QED) is 0.908. The van der Waals surface area contributed by atoms with Crippen LogP contribution in [-0.2, 0) is 16.9 Å². The lowest BCUT2D eigenvalue weighted by molar-refractivity contribution is 0.102. The highest BCUT2D eigenvalue weighted by Crippen LogP contribution is 2.16. The highest BCUT2D eigenvalue weighted by molar-refractivity contribution is 7.90. The second kappa shape index (κ2) is 5.38. The highest BCUT2D eigenvalue weighted by atomic mass is 32.2. The first kappa shape index (κ1) is 14.7. The molecule has 0 aliphatic heterocycles. The number of carbonyl (C=O) groups excluding carboxylic acids is 1. The van der Waals surface area contributed by atoms with Crippen LogP contribution in [0, 0.1) is 11.3 Å². The lowest BCUT2D eigenvalue weighted by Crippen LogP contribution is -2.16. The molecular weight excluding hydrogens is 292 g/mol. The summed E-state index contributed by atoms with van der Waals surface area (Å²) in [5.74, 6) is -0.257. The molecule has 21 heavy (non-hydrogen) atoms. The number of amides is 1. The van der Waals surface area contributed by atoms with Crippen molar-refractivity contribution in [3.05, 3.63) is 41.6 Å². The topological polar surface area (TPSA) is 105 Å². The standard InChI is InChI=1S/C13H12N4O3S/c1-17-12(10(7-14)8-15-17)16-13(18)9-4-3-5-11(6-9)21(2,19)20/h3-6,8H,1-2H3,(H,16,18). The number of sulfone groups is 1. The molecule has 0 spiro atoms. The largest absolute Gasteiger partial charge is 0.306 e. The zero-order valence-electron chi connectivity index (χ0n) is 11.4. The number of hydrogen-bond acceptors (Lipinski definition) is 5. The maximum absolute atomic E-state index is 12.2. The third-order valence-electron chi connectivity index (χ3n) is 2.82. The maximum atomic E-state index is 12.2. The van der Waals surface area contributed by atoms with Crippen molar-refractivity contribution in [2.75, 3.05) is 11.6 Å². The smallest absolute Gasteiger partial charge is 0.256 e. The van der Waals surface area contributed by atoms with Gasteiger partial charge in [0.2, 0.25) is 0 Å². The Balaban J connectivity index is 2.34. The Morgan fingerprint density at radius 2 is 2.14 bits per heavy atom. The Kier molecular flexibility index (Phi) is 3.78. The molecule has 1 aromatic heterocycles. The SMILES string of the molecule is Cn1ncc(C#N)c1NC(=O)c1cccc(S(C)(=O)=O)c1. The zero-order chi connectivity index (χ0) is 15.6. The minimum absolute atomic E-state index is 0.0562. The molecule has 2 aromatic rings. The number of hydrogen-bond donors (Lipinski definition) is 1. The number of anilines is 1. The molecule has 0 atom stereocenters. The predicted molar refractivity (Wildman–Crippen MR) is 75.4 cm³/mol. The number of nitriles is 1. The summed E-state index contributed by atoms with van der Waals surface area (Å²) in [6, 6.07) is 7.59. The predicted octanol–water partition coefficient (Wildman–Crippen LogP) is 0.948. The Morgan fingerprint density at radius 3 is 2.76 bits per heavy atom. The summed E-state index contributed by atoms with van der Waals surface area (Å²) in [6.07, 6.45) is 2.40. The van der Waals surface area contributed by atoms with E-state index in [2.05, 4.69) is 10.4 Å². The third-order valence-corrected chi connectivity index (χ3v) is 3.93. The van der Waals surface area contributed by atoms with E-state index in [-0.39, 0.29) is 21.8 Å². The summed E-state index contributed by atoms with van der Waals surface area (Å²) in [4.78, 5) is 12.2. The van der Waals surface area contributed by atoms with Gasteiger partial charge in [0.05, 0.1) is 11.1 Å². The van der Waals surface area contributed by atoms with Crippen molar-refractivity contribution in [2.45, 2.75) is 4.90 Å². The first-order chi connectivity index (χ1) is 9.82. The Labute approximate surface area is 121 Å². The molecule has 0 unspecified atom stereocenters. The van der Waals surface area contributed by atoms with Crippen LogP contribution >= 0.6 is 0 Å². The van der Waals surface area contributed by atoms with E-state index in [0.717, 1.165) is 6.26 Å². The fraction of sp³-hybridized carbons (Fsp3) is 0.154. The summed E-state index contributed by atoms with van der Waals surface area (Å²) in [6.45, 7) is 0. The molecule has 0 aliphatic carbocycles. The molecule has 0 fully saturated rings. The molecule has 0 saturated carbocycles. The first-order valence-electron chi connectivity index (χ1n) is 5.86. The van der Waals surface area contributed by atoms with Crippen LogP contribution in [0.15, 0.2) is 35.4 Å². The summed E-state index contributed by atoms with van der Waals surface area (Å²) in [5.41, 5.74) is 0.410. The van der Waals surface area contributed by atoms with Gasteiger partial charge in [0.1, 0.15) is 17.5 Å².